The van der Waals surface area contributed by atoms with Crippen molar-refractivity contribution < 1.29 is 4.79 Å². The molecule has 0 fully saturated rings. The van der Waals surface area contributed by atoms with Crippen LogP contribution in [0.5, 0.6) is 0 Å². The molecule has 0 saturated heterocycles. The highest BCUT2D eigenvalue weighted by Crippen LogP contribution is 2.11. The lowest BCUT2D eigenvalue weighted by atomic mass is 10.2. The monoisotopic (exact) mass is 278 g/mol. The molecule has 3 N–H and O–H groups in total. The number of anilines is 2. The smallest absolute Gasteiger partial charge is 0.241 e. The maximum Gasteiger partial charge on any atom is 0.241 e. The molecule has 1 atom stereocenters. The van der Waals surface area contributed by atoms with Gasteiger partial charge in [-0.1, -0.05) is 0 Å². The predicted molar refractivity (Wildman–Crippen MR) is 84.7 cm³/mol. The molecule has 0 saturated carbocycles. The average molecular weight is 278 g/mol. The standard InChI is InChI=1S/C15H26N4O/c1-12(19(4)11-5-10-18(2)3)15(20)17-14-8-6-13(16)7-9-14/h6-9,12H,5,10-11,16H2,1-4H3,(H,17,20). The number of amides is 1. The quantitative estimate of drug-likeness (QED) is 0.742. The van der Waals surface area contributed by atoms with Gasteiger partial charge in [-0.25, -0.2) is 0 Å². The van der Waals surface area contributed by atoms with Gasteiger partial charge in [-0.05, 0) is 71.8 Å². The first-order valence-electron chi connectivity index (χ1n) is 6.91. The highest BCUT2D eigenvalue weighted by Gasteiger charge is 2.17. The summed E-state index contributed by atoms with van der Waals surface area (Å²) in [5, 5.41) is 2.90. The third kappa shape index (κ3) is 5.59. The Hall–Kier alpha value is -1.59. The molecule has 1 aromatic rings. The molecule has 1 aromatic carbocycles. The van der Waals surface area contributed by atoms with Crippen molar-refractivity contribution in [3.63, 3.8) is 0 Å². The van der Waals surface area contributed by atoms with Crippen LogP contribution < -0.4 is 11.1 Å². The van der Waals surface area contributed by atoms with Gasteiger partial charge < -0.3 is 16.0 Å². The van der Waals surface area contributed by atoms with Crippen molar-refractivity contribution in [1.29, 1.82) is 0 Å². The minimum absolute atomic E-state index is 0.00197. The molecule has 1 rings (SSSR count). The summed E-state index contributed by atoms with van der Waals surface area (Å²) in [7, 11) is 6.08. The van der Waals surface area contributed by atoms with Gasteiger partial charge in [0.15, 0.2) is 0 Å². The molecule has 1 unspecified atom stereocenters. The maximum absolute atomic E-state index is 12.1. The van der Waals surface area contributed by atoms with Crippen LogP contribution in [0.4, 0.5) is 11.4 Å². The van der Waals surface area contributed by atoms with E-state index in [-0.39, 0.29) is 11.9 Å². The highest BCUT2D eigenvalue weighted by molar-refractivity contribution is 5.94. The zero-order valence-corrected chi connectivity index (χ0v) is 12.9. The van der Waals surface area contributed by atoms with Crippen LogP contribution in [0, 0.1) is 0 Å². The summed E-state index contributed by atoms with van der Waals surface area (Å²) in [6.45, 7) is 3.84. The summed E-state index contributed by atoms with van der Waals surface area (Å²) in [4.78, 5) is 16.4. The summed E-state index contributed by atoms with van der Waals surface area (Å²) in [5.74, 6) is 0.00197. The van der Waals surface area contributed by atoms with E-state index in [0.29, 0.717) is 5.69 Å². The molecule has 0 aliphatic rings. The number of hydrogen-bond donors (Lipinski definition) is 2. The van der Waals surface area contributed by atoms with E-state index in [1.165, 1.54) is 0 Å². The summed E-state index contributed by atoms with van der Waals surface area (Å²) in [6.07, 6.45) is 1.04. The minimum Gasteiger partial charge on any atom is -0.399 e. The second-order valence-electron chi connectivity index (χ2n) is 5.42. The van der Waals surface area contributed by atoms with E-state index >= 15 is 0 Å². The fraction of sp³-hybridized carbons (Fsp3) is 0.533. The van der Waals surface area contributed by atoms with Crippen molar-refractivity contribution in [3.05, 3.63) is 24.3 Å². The van der Waals surface area contributed by atoms with E-state index in [1.54, 1.807) is 12.1 Å². The van der Waals surface area contributed by atoms with Gasteiger partial charge in [-0.15, -0.1) is 0 Å². The molecule has 0 bridgehead atoms. The molecule has 0 aliphatic heterocycles. The number of benzene rings is 1. The molecule has 5 heteroatoms. The highest BCUT2D eigenvalue weighted by atomic mass is 16.2. The molecule has 0 radical (unpaired) electrons. The Bertz CT molecular complexity index is 416. The van der Waals surface area contributed by atoms with E-state index in [1.807, 2.05) is 26.1 Å². The fourth-order valence-corrected chi connectivity index (χ4v) is 1.84. The molecule has 0 aromatic heterocycles. The van der Waals surface area contributed by atoms with Gasteiger partial charge in [0.05, 0.1) is 6.04 Å². The Morgan fingerprint density at radius 1 is 1.20 bits per heavy atom. The largest absolute Gasteiger partial charge is 0.399 e. The molecule has 1 amide bonds. The number of likely N-dealkylation sites (N-methyl/N-ethyl adjacent to an activating group) is 1. The molecule has 0 heterocycles. The number of nitrogen functional groups attached to an aromatic ring is 1. The SMILES string of the molecule is CC(C(=O)Nc1ccc(N)cc1)N(C)CCCN(C)C. The van der Waals surface area contributed by atoms with E-state index in [2.05, 4.69) is 29.2 Å². The number of nitrogens with two attached hydrogens (primary N) is 1. The zero-order chi connectivity index (χ0) is 15.1. The van der Waals surface area contributed by atoms with Gasteiger partial charge >= 0.3 is 0 Å². The lowest BCUT2D eigenvalue weighted by Crippen LogP contribution is -2.40. The first-order chi connectivity index (χ1) is 9.40. The van der Waals surface area contributed by atoms with E-state index in [0.717, 1.165) is 25.2 Å². The molecule has 0 spiro atoms. The Labute approximate surface area is 121 Å². The second kappa shape index (κ2) is 7.87. The van der Waals surface area contributed by atoms with E-state index in [9.17, 15) is 4.79 Å². The van der Waals surface area contributed by atoms with Gasteiger partial charge in [0.1, 0.15) is 0 Å². The Morgan fingerprint density at radius 3 is 2.35 bits per heavy atom. The van der Waals surface area contributed by atoms with Crippen molar-refractivity contribution in [1.82, 2.24) is 9.80 Å². The van der Waals surface area contributed by atoms with Crippen molar-refractivity contribution in [2.45, 2.75) is 19.4 Å². The topological polar surface area (TPSA) is 61.6 Å². The van der Waals surface area contributed by atoms with Crippen LogP contribution in [0.2, 0.25) is 0 Å². The number of nitrogens with zero attached hydrogens (tertiary/aromatic N) is 2. The zero-order valence-electron chi connectivity index (χ0n) is 12.9. The number of carbonyl (C=O) groups is 1. The van der Waals surface area contributed by atoms with E-state index < -0.39 is 0 Å². The van der Waals surface area contributed by atoms with Crippen LogP contribution in [0.15, 0.2) is 24.3 Å². The summed E-state index contributed by atoms with van der Waals surface area (Å²) >= 11 is 0. The van der Waals surface area contributed by atoms with Crippen LogP contribution >= 0.6 is 0 Å². The maximum atomic E-state index is 12.1. The van der Waals surface area contributed by atoms with Crippen LogP contribution in [0.1, 0.15) is 13.3 Å². The molecule has 0 aliphatic carbocycles. The second-order valence-corrected chi connectivity index (χ2v) is 5.42. The van der Waals surface area contributed by atoms with Crippen LogP contribution in [-0.4, -0.2) is 56.0 Å². The van der Waals surface area contributed by atoms with Crippen LogP contribution in [-0.2, 0) is 4.79 Å². The van der Waals surface area contributed by atoms with Crippen molar-refractivity contribution >= 4 is 17.3 Å². The Morgan fingerprint density at radius 2 is 1.80 bits per heavy atom. The lowest BCUT2D eigenvalue weighted by molar-refractivity contribution is -0.120. The third-order valence-electron chi connectivity index (χ3n) is 3.33. The first-order valence-corrected chi connectivity index (χ1v) is 6.91. The van der Waals surface area contributed by atoms with E-state index in [4.69, 9.17) is 5.73 Å². The molecule has 20 heavy (non-hydrogen) atoms. The van der Waals surface area contributed by atoms with Crippen LogP contribution in [0.3, 0.4) is 0 Å². The summed E-state index contributed by atoms with van der Waals surface area (Å²) < 4.78 is 0. The Kier molecular flexibility index (Phi) is 6.48. The summed E-state index contributed by atoms with van der Waals surface area (Å²) in [6, 6.07) is 7.02. The van der Waals surface area contributed by atoms with Crippen molar-refractivity contribution in [2.75, 3.05) is 45.3 Å². The van der Waals surface area contributed by atoms with Crippen molar-refractivity contribution in [3.8, 4) is 0 Å². The van der Waals surface area contributed by atoms with Crippen LogP contribution in [0.25, 0.3) is 0 Å². The number of carbonyl (C=O) groups excluding carboxylic acids is 1. The molecule has 5 nitrogen and oxygen atoms in total. The summed E-state index contributed by atoms with van der Waals surface area (Å²) in [5.41, 5.74) is 7.09. The lowest BCUT2D eigenvalue weighted by Gasteiger charge is -2.24. The minimum atomic E-state index is -0.158. The molecular weight excluding hydrogens is 252 g/mol. The van der Waals surface area contributed by atoms with Gasteiger partial charge in [-0.2, -0.15) is 0 Å². The van der Waals surface area contributed by atoms with Gasteiger partial charge in [0, 0.05) is 11.4 Å². The van der Waals surface area contributed by atoms with Gasteiger partial charge in [0.25, 0.3) is 0 Å². The number of rotatable bonds is 7. The van der Waals surface area contributed by atoms with Gasteiger partial charge in [-0.3, -0.25) is 9.69 Å². The third-order valence-corrected chi connectivity index (χ3v) is 3.33. The fourth-order valence-electron chi connectivity index (χ4n) is 1.84. The number of hydrogen-bond acceptors (Lipinski definition) is 4. The number of nitrogens with one attached hydrogen (secondary N) is 1. The molecular formula is C15H26N4O. The predicted octanol–water partition coefficient (Wildman–Crippen LogP) is 1.48. The Balaban J connectivity index is 2.43. The average Bonchev–Trinajstić information content (AvgIpc) is 2.39. The molecule has 112 valence electrons. The van der Waals surface area contributed by atoms with Gasteiger partial charge in [0.2, 0.25) is 5.91 Å². The normalized spacial score (nSPS) is 12.7. The van der Waals surface area contributed by atoms with Crippen molar-refractivity contribution in [2.24, 2.45) is 0 Å². The first kappa shape index (κ1) is 16.5.